The van der Waals surface area contributed by atoms with Gasteiger partial charge in [-0.3, -0.25) is 4.79 Å². The number of nitrogens with one attached hydrogen (secondary N) is 2. The van der Waals surface area contributed by atoms with Gasteiger partial charge in [0.15, 0.2) is 0 Å². The third kappa shape index (κ3) is 4.94. The topological polar surface area (TPSA) is 91.2 Å². The molecule has 1 aromatic carbocycles. The molecule has 2 aromatic rings. The van der Waals surface area contributed by atoms with Gasteiger partial charge in [-0.1, -0.05) is 24.6 Å². The number of fused-ring (bicyclic) bond motifs is 1. The molecule has 0 radical (unpaired) electrons. The lowest BCUT2D eigenvalue weighted by atomic mass is 9.88. The van der Waals surface area contributed by atoms with Crippen LogP contribution in [0.1, 0.15) is 46.6 Å². The second-order valence-electron chi connectivity index (χ2n) is 7.73. The van der Waals surface area contributed by atoms with Crippen LogP contribution in [-0.2, 0) is 22.4 Å². The van der Waals surface area contributed by atoms with Gasteiger partial charge in [-0.25, -0.2) is 4.79 Å². The van der Waals surface area contributed by atoms with Gasteiger partial charge in [0.2, 0.25) is 0 Å². The van der Waals surface area contributed by atoms with E-state index in [-0.39, 0.29) is 27.8 Å². The summed E-state index contributed by atoms with van der Waals surface area (Å²) in [5, 5.41) is 13.6. The molecule has 0 saturated heterocycles. The normalized spacial score (nSPS) is 17.3. The third-order valence-electron chi connectivity index (χ3n) is 5.32. The Bertz CT molecular complexity index is 1110. The van der Waals surface area contributed by atoms with E-state index in [4.69, 9.17) is 16.3 Å². The van der Waals surface area contributed by atoms with E-state index in [1.807, 2.05) is 13.0 Å². The summed E-state index contributed by atoms with van der Waals surface area (Å²) in [6.45, 7) is 3.02. The molecular formula is C22H21ClF3N3O3S. The van der Waals surface area contributed by atoms with Gasteiger partial charge in [-0.15, -0.1) is 11.3 Å². The molecule has 1 aliphatic rings. The Morgan fingerprint density at radius 2 is 2.09 bits per heavy atom. The van der Waals surface area contributed by atoms with Gasteiger partial charge in [0.05, 0.1) is 12.2 Å². The van der Waals surface area contributed by atoms with Crippen molar-refractivity contribution in [3.8, 4) is 6.07 Å². The Hall–Kier alpha value is -2.77. The molecule has 11 heteroatoms. The molecule has 1 amide bonds. The number of rotatable bonds is 6. The Labute approximate surface area is 197 Å². The number of nitriles is 1. The molecule has 1 aromatic heterocycles. The predicted octanol–water partition coefficient (Wildman–Crippen LogP) is 5.06. The van der Waals surface area contributed by atoms with Crippen molar-refractivity contribution in [2.75, 3.05) is 11.9 Å². The predicted molar refractivity (Wildman–Crippen MR) is 118 cm³/mol. The quantitative estimate of drug-likeness (QED) is 0.428. The number of esters is 1. The van der Waals surface area contributed by atoms with E-state index in [1.165, 1.54) is 31.2 Å². The van der Waals surface area contributed by atoms with E-state index >= 15 is 0 Å². The molecule has 3 rings (SSSR count). The average molecular weight is 500 g/mol. The number of thiophene rings is 1. The minimum atomic E-state index is -5.31. The summed E-state index contributed by atoms with van der Waals surface area (Å²) in [7, 11) is 0. The van der Waals surface area contributed by atoms with E-state index in [1.54, 1.807) is 5.32 Å². The Kier molecular flexibility index (Phi) is 7.24. The van der Waals surface area contributed by atoms with Gasteiger partial charge in [0.1, 0.15) is 11.1 Å². The van der Waals surface area contributed by atoms with E-state index < -0.39 is 23.7 Å². The molecule has 0 bridgehead atoms. The van der Waals surface area contributed by atoms with Crippen LogP contribution in [-0.4, -0.2) is 30.3 Å². The first-order valence-electron chi connectivity index (χ1n) is 10.2. The van der Waals surface area contributed by atoms with Crippen molar-refractivity contribution in [3.63, 3.8) is 0 Å². The molecular weight excluding hydrogens is 479 g/mol. The number of amides is 1. The van der Waals surface area contributed by atoms with E-state index in [9.17, 15) is 28.0 Å². The number of ether oxygens (including phenoxy) is 1. The Morgan fingerprint density at radius 3 is 2.70 bits per heavy atom. The maximum Gasteiger partial charge on any atom is 0.441 e. The largest absolute Gasteiger partial charge is 0.463 e. The molecule has 0 aliphatic heterocycles. The summed E-state index contributed by atoms with van der Waals surface area (Å²) >= 11 is 6.84. The standard InChI is InChI=1S/C22H21ClF3N3O3S/c1-3-32-20(31)21(22(24,25)26,28-18(30)13-5-4-6-14(23)10-13)29-19-16(11-27)15-8-7-12(2)9-17(15)33-19/h4-6,10,12,29H,3,7-9H2,1-2H3,(H,28,30)/t12-,21+/m1/s1. The molecule has 0 fully saturated rings. The second kappa shape index (κ2) is 9.61. The van der Waals surface area contributed by atoms with Gasteiger partial charge < -0.3 is 15.4 Å². The van der Waals surface area contributed by atoms with Crippen LogP contribution in [0.3, 0.4) is 0 Å². The third-order valence-corrected chi connectivity index (χ3v) is 6.72. The lowest BCUT2D eigenvalue weighted by Crippen LogP contribution is -2.69. The highest BCUT2D eigenvalue weighted by molar-refractivity contribution is 7.16. The van der Waals surface area contributed by atoms with Crippen molar-refractivity contribution >= 4 is 39.8 Å². The lowest BCUT2D eigenvalue weighted by Gasteiger charge is -2.35. The number of benzene rings is 1. The molecule has 6 nitrogen and oxygen atoms in total. The second-order valence-corrected chi connectivity index (χ2v) is 9.27. The van der Waals surface area contributed by atoms with Crippen LogP contribution in [0.2, 0.25) is 5.02 Å². The minimum Gasteiger partial charge on any atom is -0.463 e. The molecule has 0 saturated carbocycles. The van der Waals surface area contributed by atoms with Crippen LogP contribution in [0.4, 0.5) is 18.2 Å². The van der Waals surface area contributed by atoms with Crippen LogP contribution in [0.5, 0.6) is 0 Å². The first-order chi connectivity index (χ1) is 15.5. The number of halogens is 4. The van der Waals surface area contributed by atoms with Crippen LogP contribution in [0.25, 0.3) is 0 Å². The fraction of sp³-hybridized carbons (Fsp3) is 0.409. The number of hydrogen-bond donors (Lipinski definition) is 2. The summed E-state index contributed by atoms with van der Waals surface area (Å²) in [5.74, 6) is -2.61. The van der Waals surface area contributed by atoms with E-state index in [2.05, 4.69) is 5.32 Å². The maximum absolute atomic E-state index is 14.5. The van der Waals surface area contributed by atoms with Crippen molar-refractivity contribution in [1.29, 1.82) is 5.26 Å². The van der Waals surface area contributed by atoms with E-state index in [0.29, 0.717) is 24.3 Å². The molecule has 0 unspecified atom stereocenters. The highest BCUT2D eigenvalue weighted by Gasteiger charge is 2.64. The van der Waals surface area contributed by atoms with E-state index in [0.717, 1.165) is 22.6 Å². The van der Waals surface area contributed by atoms with Crippen molar-refractivity contribution in [3.05, 3.63) is 50.9 Å². The molecule has 2 atom stereocenters. The zero-order chi connectivity index (χ0) is 24.4. The smallest absolute Gasteiger partial charge is 0.441 e. The maximum atomic E-state index is 14.5. The van der Waals surface area contributed by atoms with Gasteiger partial charge in [-0.2, -0.15) is 18.4 Å². The molecule has 1 aliphatic carbocycles. The highest BCUT2D eigenvalue weighted by atomic mass is 35.5. The average Bonchev–Trinajstić information content (AvgIpc) is 3.08. The van der Waals surface area contributed by atoms with Crippen LogP contribution < -0.4 is 10.6 Å². The van der Waals surface area contributed by atoms with Gasteiger partial charge in [-0.05, 0) is 55.9 Å². The number of carbonyl (C=O) groups is 2. The fourth-order valence-electron chi connectivity index (χ4n) is 3.63. The zero-order valence-corrected chi connectivity index (χ0v) is 19.4. The summed E-state index contributed by atoms with van der Waals surface area (Å²) in [5.41, 5.74) is -3.09. The monoisotopic (exact) mass is 499 g/mol. The number of anilines is 1. The van der Waals surface area contributed by atoms with Crippen molar-refractivity contribution in [2.24, 2.45) is 5.92 Å². The first-order valence-corrected chi connectivity index (χ1v) is 11.4. The SMILES string of the molecule is CCOC(=O)[C@](NC(=O)c1cccc(Cl)c1)(Nc1sc2c(c1C#N)CC[C@@H](C)C2)C(F)(F)F. The molecule has 176 valence electrons. The Morgan fingerprint density at radius 1 is 1.36 bits per heavy atom. The summed E-state index contributed by atoms with van der Waals surface area (Å²) in [6.07, 6.45) is -3.35. The van der Waals surface area contributed by atoms with Gasteiger partial charge in [0, 0.05) is 15.5 Å². The highest BCUT2D eigenvalue weighted by Crippen LogP contribution is 2.42. The van der Waals surface area contributed by atoms with Crippen LogP contribution in [0, 0.1) is 17.2 Å². The van der Waals surface area contributed by atoms with Gasteiger partial charge in [0.25, 0.3) is 5.91 Å². The molecule has 0 spiro atoms. The van der Waals surface area contributed by atoms with Crippen LogP contribution in [0.15, 0.2) is 24.3 Å². The number of alkyl halides is 3. The summed E-state index contributed by atoms with van der Waals surface area (Å²) < 4.78 is 48.2. The molecule has 2 N–H and O–H groups in total. The van der Waals surface area contributed by atoms with Gasteiger partial charge >= 0.3 is 17.8 Å². The number of nitrogens with zero attached hydrogens (tertiary/aromatic N) is 1. The number of hydrogen-bond acceptors (Lipinski definition) is 6. The molecule has 33 heavy (non-hydrogen) atoms. The minimum absolute atomic E-state index is 0.0387. The van der Waals surface area contributed by atoms with Crippen molar-refractivity contribution in [1.82, 2.24) is 5.32 Å². The Balaban J connectivity index is 2.10. The fourth-order valence-corrected chi connectivity index (χ4v) is 5.24. The first kappa shape index (κ1) is 24.9. The summed E-state index contributed by atoms with van der Waals surface area (Å²) in [4.78, 5) is 26.3. The zero-order valence-electron chi connectivity index (χ0n) is 17.8. The number of carbonyl (C=O) groups excluding carboxylic acids is 2. The lowest BCUT2D eigenvalue weighted by molar-refractivity contribution is -0.204. The van der Waals surface area contributed by atoms with Crippen molar-refractivity contribution < 1.29 is 27.5 Å². The van der Waals surface area contributed by atoms with Crippen molar-refractivity contribution in [2.45, 2.75) is 44.9 Å². The molecule has 1 heterocycles. The van der Waals surface area contributed by atoms with Crippen LogP contribution >= 0.6 is 22.9 Å². The summed E-state index contributed by atoms with van der Waals surface area (Å²) in [6, 6.07) is 7.24.